The zero-order valence-electron chi connectivity index (χ0n) is 15.1. The maximum Gasteiger partial charge on any atom is 0.184 e. The first kappa shape index (κ1) is 16.4. The van der Waals surface area contributed by atoms with Crippen LogP contribution in [-0.4, -0.2) is 22.1 Å². The van der Waals surface area contributed by atoms with Gasteiger partial charge >= 0.3 is 0 Å². The van der Waals surface area contributed by atoms with E-state index in [1.54, 1.807) is 6.08 Å². The molecule has 1 unspecified atom stereocenters. The molecule has 3 nitrogen and oxygen atoms in total. The number of ketones is 1. The van der Waals surface area contributed by atoms with Gasteiger partial charge in [-0.2, -0.15) is 0 Å². The number of rotatable bonds is 1. The summed E-state index contributed by atoms with van der Waals surface area (Å²) < 4.78 is 0. The zero-order valence-corrected chi connectivity index (χ0v) is 15.1. The molecule has 2 saturated carbocycles. The van der Waals surface area contributed by atoms with Crippen LogP contribution in [0.2, 0.25) is 0 Å². The molecule has 0 heterocycles. The Labute approximate surface area is 144 Å². The Hall–Kier alpha value is -1.09. The van der Waals surface area contributed by atoms with Gasteiger partial charge in [0.25, 0.3) is 0 Å². The van der Waals surface area contributed by atoms with Gasteiger partial charge in [-0.05, 0) is 78.4 Å². The van der Waals surface area contributed by atoms with Crippen LogP contribution in [0.5, 0.6) is 0 Å². The van der Waals surface area contributed by atoms with Gasteiger partial charge in [0.2, 0.25) is 0 Å². The molecule has 2 fully saturated rings. The van der Waals surface area contributed by atoms with Crippen molar-refractivity contribution in [1.29, 1.82) is 0 Å². The molecular formula is C21H30O3. The normalized spacial score (nSPS) is 50.5. The van der Waals surface area contributed by atoms with E-state index in [1.165, 1.54) is 25.7 Å². The minimum atomic E-state index is -0.881. The lowest BCUT2D eigenvalue weighted by molar-refractivity contribution is -0.127. The summed E-state index contributed by atoms with van der Waals surface area (Å²) in [4.78, 5) is 11.9. The van der Waals surface area contributed by atoms with Crippen LogP contribution in [0.3, 0.4) is 0 Å². The van der Waals surface area contributed by atoms with E-state index in [4.69, 9.17) is 0 Å². The van der Waals surface area contributed by atoms with E-state index < -0.39 is 6.10 Å². The van der Waals surface area contributed by atoms with Crippen LogP contribution in [0.25, 0.3) is 0 Å². The van der Waals surface area contributed by atoms with E-state index in [2.05, 4.69) is 20.8 Å². The molecule has 3 heteroatoms. The predicted molar refractivity (Wildman–Crippen MR) is 93.4 cm³/mol. The summed E-state index contributed by atoms with van der Waals surface area (Å²) in [5.41, 5.74) is 1.08. The van der Waals surface area contributed by atoms with Crippen LogP contribution >= 0.6 is 0 Å². The Morgan fingerprint density at radius 2 is 1.92 bits per heavy atom. The lowest BCUT2D eigenvalue weighted by Gasteiger charge is -2.56. The summed E-state index contributed by atoms with van der Waals surface area (Å²) in [5.74, 6) is 2.11. The average Bonchev–Trinajstić information content (AvgIpc) is 2.87. The molecule has 4 aliphatic carbocycles. The van der Waals surface area contributed by atoms with Gasteiger partial charge in [-0.3, -0.25) is 4.79 Å². The third-order valence-electron chi connectivity index (χ3n) is 8.33. The molecule has 0 spiro atoms. The van der Waals surface area contributed by atoms with Gasteiger partial charge in [-0.15, -0.1) is 0 Å². The Bertz CT molecular complexity index is 633. The number of fused-ring (bicyclic) bond motifs is 5. The first-order valence-corrected chi connectivity index (χ1v) is 9.66. The first-order chi connectivity index (χ1) is 11.3. The second kappa shape index (κ2) is 5.20. The molecule has 0 radical (unpaired) electrons. The molecule has 4 aliphatic rings. The predicted octanol–water partition coefficient (Wildman–Crippen LogP) is 4.18. The average molecular weight is 330 g/mol. The molecule has 132 valence electrons. The largest absolute Gasteiger partial charge is 0.512 e. The molecule has 4 rings (SSSR count). The van der Waals surface area contributed by atoms with Crippen LogP contribution in [0, 0.1) is 34.5 Å². The summed E-state index contributed by atoms with van der Waals surface area (Å²) in [5, 5.41) is 21.1. The molecule has 24 heavy (non-hydrogen) atoms. The molecule has 7 atom stereocenters. The molecule has 0 aromatic heterocycles. The number of aliphatic hydroxyl groups is 2. The monoisotopic (exact) mass is 330 g/mol. The van der Waals surface area contributed by atoms with Gasteiger partial charge in [0.15, 0.2) is 5.78 Å². The summed E-state index contributed by atoms with van der Waals surface area (Å²) in [6.07, 6.45) is 9.05. The molecule has 2 N–H and O–H groups in total. The Kier molecular flexibility index (Phi) is 3.55. The number of allylic oxidation sites excluding steroid dienone is 3. The highest BCUT2D eigenvalue weighted by Gasteiger charge is 2.60. The minimum Gasteiger partial charge on any atom is -0.512 e. The highest BCUT2D eigenvalue weighted by molar-refractivity contribution is 5.95. The smallest absolute Gasteiger partial charge is 0.184 e. The van der Waals surface area contributed by atoms with Gasteiger partial charge in [0, 0.05) is 5.92 Å². The van der Waals surface area contributed by atoms with E-state index in [9.17, 15) is 15.0 Å². The quantitative estimate of drug-likeness (QED) is 0.758. The number of carbonyl (C=O) groups excluding carboxylic acids is 1. The first-order valence-electron chi connectivity index (χ1n) is 9.66. The van der Waals surface area contributed by atoms with Crippen molar-refractivity contribution in [2.45, 2.75) is 65.4 Å². The summed E-state index contributed by atoms with van der Waals surface area (Å²) in [7, 11) is 0. The molecule has 0 aromatic rings. The van der Waals surface area contributed by atoms with Crippen LogP contribution in [0.1, 0.15) is 59.3 Å². The third-order valence-corrected chi connectivity index (χ3v) is 8.33. The fraction of sp³-hybridized carbons (Fsp3) is 0.762. The van der Waals surface area contributed by atoms with Crippen molar-refractivity contribution < 1.29 is 15.0 Å². The van der Waals surface area contributed by atoms with Gasteiger partial charge in [-0.25, -0.2) is 0 Å². The molecule has 0 aliphatic heterocycles. The van der Waals surface area contributed by atoms with Gasteiger partial charge < -0.3 is 10.2 Å². The van der Waals surface area contributed by atoms with Crippen molar-refractivity contribution in [1.82, 2.24) is 0 Å². The molecule has 0 aromatic carbocycles. The summed E-state index contributed by atoms with van der Waals surface area (Å²) >= 11 is 0. The second-order valence-electron chi connectivity index (χ2n) is 9.17. The topological polar surface area (TPSA) is 57.5 Å². The second-order valence-corrected chi connectivity index (χ2v) is 9.17. The van der Waals surface area contributed by atoms with Crippen molar-refractivity contribution in [3.63, 3.8) is 0 Å². The minimum absolute atomic E-state index is 0.185. The van der Waals surface area contributed by atoms with Crippen LogP contribution < -0.4 is 0 Å². The fourth-order valence-electron chi connectivity index (χ4n) is 6.91. The fourth-order valence-corrected chi connectivity index (χ4v) is 6.91. The Morgan fingerprint density at radius 1 is 1.17 bits per heavy atom. The van der Waals surface area contributed by atoms with Crippen molar-refractivity contribution >= 4 is 5.78 Å². The summed E-state index contributed by atoms with van der Waals surface area (Å²) in [6, 6.07) is 0. The van der Waals surface area contributed by atoms with Crippen LogP contribution in [-0.2, 0) is 4.79 Å². The van der Waals surface area contributed by atoms with E-state index in [0.29, 0.717) is 29.4 Å². The standard InChI is InChI=1S/C21H30O3/c1-4-12-5-6-14-19-15(7-8-20(12,14)2)21(3)11-18(24)16(22)9-13(21)10-17(19)23/h9-10,12,14-15,18-19,23-24H,4-8,11H2,1-3H3/t12-,14-,15-,18?,19-,20+,21-/m0/s1. The van der Waals surface area contributed by atoms with E-state index in [-0.39, 0.29) is 17.1 Å². The molecule has 0 bridgehead atoms. The zero-order chi connectivity index (χ0) is 17.3. The third kappa shape index (κ3) is 1.97. The van der Waals surface area contributed by atoms with Gasteiger partial charge in [-0.1, -0.05) is 27.2 Å². The van der Waals surface area contributed by atoms with Crippen molar-refractivity contribution in [3.05, 3.63) is 23.5 Å². The molecule has 0 amide bonds. The van der Waals surface area contributed by atoms with Crippen molar-refractivity contribution in [2.75, 3.05) is 0 Å². The number of aliphatic hydroxyl groups excluding tert-OH is 2. The van der Waals surface area contributed by atoms with E-state index in [0.717, 1.165) is 17.9 Å². The van der Waals surface area contributed by atoms with E-state index >= 15 is 0 Å². The number of carbonyl (C=O) groups is 1. The Balaban J connectivity index is 1.78. The molecular weight excluding hydrogens is 300 g/mol. The van der Waals surface area contributed by atoms with Gasteiger partial charge in [0.1, 0.15) is 6.10 Å². The molecule has 0 saturated heterocycles. The van der Waals surface area contributed by atoms with Crippen molar-refractivity contribution in [3.8, 4) is 0 Å². The Morgan fingerprint density at radius 3 is 2.62 bits per heavy atom. The van der Waals surface area contributed by atoms with Crippen molar-refractivity contribution in [2.24, 2.45) is 34.5 Å². The lowest BCUT2D eigenvalue weighted by Crippen LogP contribution is -2.52. The number of hydrogen-bond donors (Lipinski definition) is 2. The lowest BCUT2D eigenvalue weighted by atomic mass is 9.48. The van der Waals surface area contributed by atoms with Crippen LogP contribution in [0.15, 0.2) is 23.5 Å². The highest BCUT2D eigenvalue weighted by atomic mass is 16.3. The van der Waals surface area contributed by atoms with Gasteiger partial charge in [0.05, 0.1) is 5.76 Å². The maximum atomic E-state index is 11.9. The van der Waals surface area contributed by atoms with Crippen LogP contribution in [0.4, 0.5) is 0 Å². The van der Waals surface area contributed by atoms with E-state index in [1.807, 2.05) is 6.08 Å². The maximum absolute atomic E-state index is 11.9. The number of hydrogen-bond acceptors (Lipinski definition) is 3. The summed E-state index contributed by atoms with van der Waals surface area (Å²) in [6.45, 7) is 6.94. The SMILES string of the molecule is CC[C@H]1CC[C@H]2[C@@H]3C(O)=CC4=CC(=O)C(O)C[C@]4(C)[C@H]3CC[C@]12C. The highest BCUT2D eigenvalue weighted by Crippen LogP contribution is 2.66.